The number of benzene rings is 1. The second kappa shape index (κ2) is 6.99. The van der Waals surface area contributed by atoms with Gasteiger partial charge in [0.2, 0.25) is 0 Å². The highest BCUT2D eigenvalue weighted by Gasteiger charge is 2.46. The number of hydrogen-bond acceptors (Lipinski definition) is 6. The molecule has 8 heteroatoms. The Balaban J connectivity index is 1.80. The summed E-state index contributed by atoms with van der Waals surface area (Å²) in [6, 6.07) is 4.27. The molecule has 5 atom stereocenters. The van der Waals surface area contributed by atoms with Crippen molar-refractivity contribution in [2.24, 2.45) is 5.92 Å². The Kier molecular flexibility index (Phi) is 4.94. The lowest BCUT2D eigenvalue weighted by Gasteiger charge is -2.28. The maximum absolute atomic E-state index is 13.4. The molecule has 25 heavy (non-hydrogen) atoms. The number of rotatable bonds is 4. The lowest BCUT2D eigenvalue weighted by molar-refractivity contribution is -0.0232. The molecule has 3 N–H and O–H groups in total. The van der Waals surface area contributed by atoms with Crippen molar-refractivity contribution >= 4 is 5.82 Å². The smallest absolute Gasteiger partial charge is 0.159 e. The molecule has 6 nitrogen and oxygen atoms in total. The van der Waals surface area contributed by atoms with E-state index in [4.69, 9.17) is 0 Å². The monoisotopic (exact) mass is 351 g/mol. The predicted molar refractivity (Wildman–Crippen MR) is 85.7 cm³/mol. The highest BCUT2D eigenvalue weighted by molar-refractivity contribution is 5.38. The lowest BCUT2D eigenvalue weighted by Crippen LogP contribution is -2.41. The Hall–Kier alpha value is -2.16. The number of aromatic nitrogens is 2. The second-order valence-electron chi connectivity index (χ2n) is 6.24. The fourth-order valence-electron chi connectivity index (χ4n) is 3.35. The first kappa shape index (κ1) is 17.7. The van der Waals surface area contributed by atoms with Gasteiger partial charge in [0.05, 0.1) is 18.2 Å². The molecule has 0 saturated heterocycles. The van der Waals surface area contributed by atoms with Crippen LogP contribution in [0.15, 0.2) is 36.8 Å². The summed E-state index contributed by atoms with van der Waals surface area (Å²) in [5, 5.41) is 31.2. The third-order valence-corrected chi connectivity index (χ3v) is 4.81. The van der Waals surface area contributed by atoms with Gasteiger partial charge in [0.15, 0.2) is 11.6 Å². The summed E-state index contributed by atoms with van der Waals surface area (Å²) in [5.74, 6) is -2.24. The van der Waals surface area contributed by atoms with Crippen molar-refractivity contribution in [3.8, 4) is 0 Å². The molecule has 0 radical (unpaired) electrons. The number of aliphatic hydroxyl groups excluding tert-OH is 3. The highest BCUT2D eigenvalue weighted by atomic mass is 19.2. The van der Waals surface area contributed by atoms with Gasteiger partial charge in [-0.25, -0.2) is 18.7 Å². The maximum Gasteiger partial charge on any atom is 0.159 e. The van der Waals surface area contributed by atoms with Crippen LogP contribution in [-0.4, -0.2) is 50.6 Å². The summed E-state index contributed by atoms with van der Waals surface area (Å²) in [5.41, 5.74) is 0.153. The van der Waals surface area contributed by atoms with Crippen LogP contribution in [0, 0.1) is 17.6 Å². The van der Waals surface area contributed by atoms with Crippen molar-refractivity contribution in [2.75, 3.05) is 11.9 Å². The Labute approximate surface area is 143 Å². The second-order valence-corrected chi connectivity index (χ2v) is 6.24. The van der Waals surface area contributed by atoms with Crippen LogP contribution in [0.4, 0.5) is 14.6 Å². The molecular weight excluding hydrogens is 332 g/mol. The molecule has 1 aliphatic rings. The zero-order valence-electron chi connectivity index (χ0n) is 13.5. The molecule has 1 aliphatic carbocycles. The van der Waals surface area contributed by atoms with E-state index in [9.17, 15) is 24.1 Å². The molecular formula is C17H19F2N3O3. The van der Waals surface area contributed by atoms with Crippen LogP contribution in [0.25, 0.3) is 0 Å². The van der Waals surface area contributed by atoms with Gasteiger partial charge in [-0.05, 0) is 30.2 Å². The fraction of sp³-hybridized carbons (Fsp3) is 0.412. The summed E-state index contributed by atoms with van der Waals surface area (Å²) >= 11 is 0. The summed E-state index contributed by atoms with van der Waals surface area (Å²) in [6.45, 7) is 0. The number of aliphatic hydroxyl groups is 3. The molecule has 1 aromatic heterocycles. The molecule has 0 aliphatic heterocycles. The molecule has 0 bridgehead atoms. The molecule has 2 aromatic rings. The van der Waals surface area contributed by atoms with Gasteiger partial charge < -0.3 is 20.2 Å². The number of likely N-dealkylation sites (N-methyl/N-ethyl adjacent to an activating group) is 1. The van der Waals surface area contributed by atoms with Gasteiger partial charge >= 0.3 is 0 Å². The molecule has 0 spiro atoms. The minimum atomic E-state index is -1.23. The Morgan fingerprint density at radius 2 is 1.92 bits per heavy atom. The van der Waals surface area contributed by atoms with Gasteiger partial charge in [0, 0.05) is 19.2 Å². The van der Waals surface area contributed by atoms with Crippen LogP contribution in [0.1, 0.15) is 18.1 Å². The zero-order valence-corrected chi connectivity index (χ0v) is 13.5. The largest absolute Gasteiger partial charge is 0.390 e. The molecule has 1 aromatic carbocycles. The van der Waals surface area contributed by atoms with E-state index in [0.717, 1.165) is 12.1 Å². The van der Waals surface area contributed by atoms with Crippen LogP contribution < -0.4 is 4.90 Å². The normalized spacial score (nSPS) is 27.3. The molecule has 134 valence electrons. The third-order valence-electron chi connectivity index (χ3n) is 4.81. The maximum atomic E-state index is 13.4. The van der Waals surface area contributed by atoms with Crippen LogP contribution in [0.5, 0.6) is 0 Å². The summed E-state index contributed by atoms with van der Waals surface area (Å²) < 4.78 is 26.5. The van der Waals surface area contributed by atoms with Gasteiger partial charge in [0.1, 0.15) is 18.2 Å². The van der Waals surface area contributed by atoms with Crippen molar-refractivity contribution in [1.29, 1.82) is 0 Å². The van der Waals surface area contributed by atoms with E-state index in [1.165, 1.54) is 12.4 Å². The zero-order chi connectivity index (χ0) is 18.1. The fourth-order valence-corrected chi connectivity index (χ4v) is 3.35. The van der Waals surface area contributed by atoms with E-state index in [2.05, 4.69) is 9.97 Å². The van der Waals surface area contributed by atoms with Crippen LogP contribution in [-0.2, 0) is 0 Å². The summed E-state index contributed by atoms with van der Waals surface area (Å²) in [6.07, 6.45) is -0.379. The van der Waals surface area contributed by atoms with Crippen molar-refractivity contribution in [1.82, 2.24) is 9.97 Å². The first-order valence-electron chi connectivity index (χ1n) is 7.88. The molecule has 3 rings (SSSR count). The number of halogens is 2. The first-order valence-corrected chi connectivity index (χ1v) is 7.88. The Morgan fingerprint density at radius 1 is 1.16 bits per heavy atom. The number of anilines is 1. The Morgan fingerprint density at radius 3 is 2.56 bits per heavy atom. The lowest BCUT2D eigenvalue weighted by atomic mass is 9.92. The molecule has 1 saturated carbocycles. The van der Waals surface area contributed by atoms with Gasteiger partial charge in [-0.3, -0.25) is 0 Å². The molecule has 1 fully saturated rings. The molecule has 1 unspecified atom stereocenters. The third kappa shape index (κ3) is 3.33. The molecule has 0 amide bonds. The van der Waals surface area contributed by atoms with Crippen LogP contribution >= 0.6 is 0 Å². The van der Waals surface area contributed by atoms with E-state index in [0.29, 0.717) is 5.82 Å². The number of nitrogens with zero attached hydrogens (tertiary/aromatic N) is 3. The van der Waals surface area contributed by atoms with E-state index >= 15 is 0 Å². The van der Waals surface area contributed by atoms with Gasteiger partial charge in [-0.2, -0.15) is 0 Å². The van der Waals surface area contributed by atoms with E-state index < -0.39 is 41.9 Å². The topological polar surface area (TPSA) is 89.7 Å². The van der Waals surface area contributed by atoms with E-state index in [-0.39, 0.29) is 12.0 Å². The minimum Gasteiger partial charge on any atom is -0.390 e. The van der Waals surface area contributed by atoms with Gasteiger partial charge in [-0.15, -0.1) is 0 Å². The first-order chi connectivity index (χ1) is 11.9. The quantitative estimate of drug-likeness (QED) is 0.763. The number of hydrogen-bond donors (Lipinski definition) is 3. The standard InChI is InChI=1S/C17H19F2N3O3/c1-22(14-4-5-20-8-21-14)13-7-10(16(24)17(13)25)15(23)9-2-3-11(18)12(19)6-9/h2-6,8,10,13,15-17,23-25H,7H2,1H3/t10-,13-,15?,16-,17+/m1/s1. The van der Waals surface area contributed by atoms with Gasteiger partial charge in [-0.1, -0.05) is 6.07 Å². The average Bonchev–Trinajstić information content (AvgIpc) is 2.92. The van der Waals surface area contributed by atoms with Crippen LogP contribution in [0.3, 0.4) is 0 Å². The van der Waals surface area contributed by atoms with Crippen molar-refractivity contribution in [3.05, 3.63) is 54.0 Å². The minimum absolute atomic E-state index is 0.153. The van der Waals surface area contributed by atoms with Crippen molar-refractivity contribution in [2.45, 2.75) is 30.8 Å². The SMILES string of the molecule is CN(c1ccncn1)[C@@H]1C[C@H](C(O)c2ccc(F)c(F)c2)[C@@H](O)[C@H]1O. The molecule has 1 heterocycles. The highest BCUT2D eigenvalue weighted by Crippen LogP contribution is 2.39. The summed E-state index contributed by atoms with van der Waals surface area (Å²) in [4.78, 5) is 9.63. The van der Waals surface area contributed by atoms with Gasteiger partial charge in [0.25, 0.3) is 0 Å². The van der Waals surface area contributed by atoms with E-state index in [1.807, 2.05) is 0 Å². The van der Waals surface area contributed by atoms with E-state index in [1.54, 1.807) is 24.2 Å². The average molecular weight is 351 g/mol. The Bertz CT molecular complexity index is 734. The van der Waals surface area contributed by atoms with Crippen LogP contribution in [0.2, 0.25) is 0 Å². The predicted octanol–water partition coefficient (Wildman–Crippen LogP) is 1.03. The van der Waals surface area contributed by atoms with Crippen molar-refractivity contribution < 1.29 is 24.1 Å². The summed E-state index contributed by atoms with van der Waals surface area (Å²) in [7, 11) is 1.72. The van der Waals surface area contributed by atoms with Crippen molar-refractivity contribution in [3.63, 3.8) is 0 Å².